The number of carbonyl (C=O) groups excluding carboxylic acids is 1. The number of aliphatic hydroxyl groups is 1. The molecule has 2 unspecified atom stereocenters. The Balaban J connectivity index is 1.73. The highest BCUT2D eigenvalue weighted by atomic mass is 16.3. The van der Waals surface area contributed by atoms with E-state index in [1.807, 2.05) is 0 Å². The van der Waals surface area contributed by atoms with Crippen LogP contribution in [-0.2, 0) is 4.79 Å². The number of carbonyl (C=O) groups is 1. The molecule has 2 aliphatic heterocycles. The summed E-state index contributed by atoms with van der Waals surface area (Å²) in [5, 5.41) is 14.9. The minimum absolute atomic E-state index is 0.0310. The lowest BCUT2D eigenvalue weighted by Gasteiger charge is -2.28. The average Bonchev–Trinajstić information content (AvgIpc) is 2.55. The molecule has 0 spiro atoms. The molecule has 2 atom stereocenters. The molecule has 0 saturated carbocycles. The normalized spacial score (nSPS) is 34.1. The molecule has 2 saturated heterocycles. The predicted molar refractivity (Wildman–Crippen MR) is 57.4 cm³/mol. The Morgan fingerprint density at radius 3 is 2.60 bits per heavy atom. The maximum atomic E-state index is 11.5. The van der Waals surface area contributed by atoms with E-state index >= 15 is 0 Å². The number of rotatable bonds is 4. The first-order valence-electron chi connectivity index (χ1n) is 5.91. The zero-order valence-corrected chi connectivity index (χ0v) is 9.04. The van der Waals surface area contributed by atoms with E-state index in [1.165, 1.54) is 12.8 Å². The van der Waals surface area contributed by atoms with Crippen LogP contribution in [0.2, 0.25) is 0 Å². The molecule has 2 heterocycles. The minimum Gasteiger partial charge on any atom is -0.395 e. The van der Waals surface area contributed by atoms with Gasteiger partial charge in [0.25, 0.3) is 0 Å². The van der Waals surface area contributed by atoms with E-state index in [4.69, 9.17) is 5.11 Å². The van der Waals surface area contributed by atoms with Gasteiger partial charge >= 0.3 is 0 Å². The fourth-order valence-corrected chi connectivity index (χ4v) is 2.87. The molecule has 86 valence electrons. The third-order valence-corrected chi connectivity index (χ3v) is 3.48. The van der Waals surface area contributed by atoms with Crippen molar-refractivity contribution in [3.63, 3.8) is 0 Å². The van der Waals surface area contributed by atoms with Crippen molar-refractivity contribution in [2.45, 2.75) is 44.2 Å². The molecular formula is C11H20N2O2. The van der Waals surface area contributed by atoms with Crippen LogP contribution in [0.3, 0.4) is 0 Å². The standard InChI is InChI=1S/C11H20N2O2/c14-4-3-12-11(15)7-8-5-9-1-2-10(6-8)13-9/h8-10,13-14H,1-7H2,(H,12,15). The molecular weight excluding hydrogens is 192 g/mol. The van der Waals surface area contributed by atoms with Gasteiger partial charge in [0, 0.05) is 25.0 Å². The Kier molecular flexibility index (Phi) is 3.59. The zero-order chi connectivity index (χ0) is 10.7. The first kappa shape index (κ1) is 10.9. The summed E-state index contributed by atoms with van der Waals surface area (Å²) in [6.45, 7) is 0.417. The van der Waals surface area contributed by atoms with Crippen molar-refractivity contribution < 1.29 is 9.90 Å². The molecule has 15 heavy (non-hydrogen) atoms. The maximum Gasteiger partial charge on any atom is 0.220 e. The van der Waals surface area contributed by atoms with Crippen LogP contribution >= 0.6 is 0 Å². The second kappa shape index (κ2) is 4.94. The number of amides is 1. The fourth-order valence-electron chi connectivity index (χ4n) is 2.87. The molecule has 3 N–H and O–H groups in total. The number of fused-ring (bicyclic) bond motifs is 2. The second-order valence-electron chi connectivity index (χ2n) is 4.75. The summed E-state index contributed by atoms with van der Waals surface area (Å²) >= 11 is 0. The van der Waals surface area contributed by atoms with Crippen LogP contribution in [0, 0.1) is 5.92 Å². The Hall–Kier alpha value is -0.610. The van der Waals surface area contributed by atoms with Gasteiger partial charge in [-0.15, -0.1) is 0 Å². The number of piperidine rings is 1. The first-order chi connectivity index (χ1) is 7.28. The van der Waals surface area contributed by atoms with Crippen LogP contribution in [-0.4, -0.2) is 36.2 Å². The van der Waals surface area contributed by atoms with E-state index in [1.54, 1.807) is 0 Å². The zero-order valence-electron chi connectivity index (χ0n) is 9.04. The van der Waals surface area contributed by atoms with Crippen molar-refractivity contribution in [2.75, 3.05) is 13.2 Å². The van der Waals surface area contributed by atoms with Gasteiger partial charge in [0.15, 0.2) is 0 Å². The molecule has 2 aliphatic rings. The topological polar surface area (TPSA) is 61.4 Å². The number of hydrogen-bond donors (Lipinski definition) is 3. The quantitative estimate of drug-likeness (QED) is 0.615. The molecule has 0 aromatic rings. The fraction of sp³-hybridized carbons (Fsp3) is 0.909. The molecule has 2 rings (SSSR count). The maximum absolute atomic E-state index is 11.5. The average molecular weight is 212 g/mol. The lowest BCUT2D eigenvalue weighted by Crippen LogP contribution is -2.40. The van der Waals surface area contributed by atoms with Gasteiger partial charge in [0.1, 0.15) is 0 Å². The van der Waals surface area contributed by atoms with Gasteiger partial charge in [-0.05, 0) is 31.6 Å². The van der Waals surface area contributed by atoms with Crippen LogP contribution in [0.4, 0.5) is 0 Å². The van der Waals surface area contributed by atoms with E-state index < -0.39 is 0 Å². The highest BCUT2D eigenvalue weighted by Crippen LogP contribution is 2.32. The number of hydrogen-bond acceptors (Lipinski definition) is 3. The molecule has 4 heteroatoms. The smallest absolute Gasteiger partial charge is 0.220 e. The van der Waals surface area contributed by atoms with Crippen LogP contribution in [0.1, 0.15) is 32.1 Å². The molecule has 2 bridgehead atoms. The highest BCUT2D eigenvalue weighted by Gasteiger charge is 2.33. The van der Waals surface area contributed by atoms with E-state index in [2.05, 4.69) is 10.6 Å². The van der Waals surface area contributed by atoms with Crippen molar-refractivity contribution in [1.29, 1.82) is 0 Å². The van der Waals surface area contributed by atoms with Gasteiger partial charge in [-0.1, -0.05) is 0 Å². The minimum atomic E-state index is 0.0310. The predicted octanol–water partition coefficient (Wildman–Crippen LogP) is 0.0156. The molecule has 4 nitrogen and oxygen atoms in total. The van der Waals surface area contributed by atoms with Crippen molar-refractivity contribution >= 4 is 5.91 Å². The third kappa shape index (κ3) is 2.92. The molecule has 0 aliphatic carbocycles. The summed E-state index contributed by atoms with van der Waals surface area (Å²) < 4.78 is 0. The van der Waals surface area contributed by atoms with Crippen LogP contribution in [0.15, 0.2) is 0 Å². The van der Waals surface area contributed by atoms with Crippen LogP contribution < -0.4 is 10.6 Å². The third-order valence-electron chi connectivity index (χ3n) is 3.48. The molecule has 2 fully saturated rings. The lowest BCUT2D eigenvalue weighted by atomic mass is 9.89. The summed E-state index contributed by atoms with van der Waals surface area (Å²) in [6.07, 6.45) is 5.47. The van der Waals surface area contributed by atoms with E-state index in [0.717, 1.165) is 12.8 Å². The number of aliphatic hydroxyl groups excluding tert-OH is 1. The Morgan fingerprint density at radius 1 is 1.33 bits per heavy atom. The Bertz CT molecular complexity index is 221. The van der Waals surface area contributed by atoms with Gasteiger partial charge in [0.05, 0.1) is 6.61 Å². The van der Waals surface area contributed by atoms with Gasteiger partial charge in [-0.3, -0.25) is 4.79 Å². The molecule has 0 aromatic carbocycles. The highest BCUT2D eigenvalue weighted by molar-refractivity contribution is 5.76. The van der Waals surface area contributed by atoms with E-state index in [0.29, 0.717) is 31.0 Å². The van der Waals surface area contributed by atoms with Gasteiger partial charge in [-0.2, -0.15) is 0 Å². The summed E-state index contributed by atoms with van der Waals surface area (Å²) in [7, 11) is 0. The van der Waals surface area contributed by atoms with Crippen molar-refractivity contribution in [2.24, 2.45) is 5.92 Å². The van der Waals surface area contributed by atoms with Gasteiger partial charge in [0.2, 0.25) is 5.91 Å². The monoisotopic (exact) mass is 212 g/mol. The van der Waals surface area contributed by atoms with Gasteiger partial charge in [-0.25, -0.2) is 0 Å². The Morgan fingerprint density at radius 2 is 2.00 bits per heavy atom. The summed E-state index contributed by atoms with van der Waals surface area (Å²) in [5.74, 6) is 0.637. The van der Waals surface area contributed by atoms with Crippen molar-refractivity contribution in [3.05, 3.63) is 0 Å². The summed E-state index contributed by atoms with van der Waals surface area (Å²) in [4.78, 5) is 11.5. The summed E-state index contributed by atoms with van der Waals surface area (Å²) in [6, 6.07) is 1.30. The van der Waals surface area contributed by atoms with Crippen LogP contribution in [0.5, 0.6) is 0 Å². The number of nitrogens with one attached hydrogen (secondary N) is 2. The largest absolute Gasteiger partial charge is 0.395 e. The van der Waals surface area contributed by atoms with Crippen molar-refractivity contribution in [3.8, 4) is 0 Å². The molecule has 1 amide bonds. The van der Waals surface area contributed by atoms with Crippen LogP contribution in [0.25, 0.3) is 0 Å². The lowest BCUT2D eigenvalue weighted by molar-refractivity contribution is -0.122. The van der Waals surface area contributed by atoms with E-state index in [-0.39, 0.29) is 12.5 Å². The van der Waals surface area contributed by atoms with Crippen molar-refractivity contribution in [1.82, 2.24) is 10.6 Å². The molecule has 0 radical (unpaired) electrons. The van der Waals surface area contributed by atoms with E-state index in [9.17, 15) is 4.79 Å². The Labute approximate surface area is 90.4 Å². The second-order valence-corrected chi connectivity index (χ2v) is 4.75. The summed E-state index contributed by atoms with van der Waals surface area (Å²) in [5.41, 5.74) is 0. The molecule has 0 aromatic heterocycles. The SMILES string of the molecule is O=C(CC1CC2CCC(C1)N2)NCCO. The van der Waals surface area contributed by atoms with Gasteiger partial charge < -0.3 is 15.7 Å². The first-order valence-corrected chi connectivity index (χ1v) is 5.91.